The number of amidine groups is 1. The molecule has 0 bridgehead atoms. The van der Waals surface area contributed by atoms with E-state index in [9.17, 15) is 0 Å². The fourth-order valence-corrected chi connectivity index (χ4v) is 2.25. The number of anilines is 1. The van der Waals surface area contributed by atoms with Crippen LogP contribution < -0.4 is 39.6 Å². The topological polar surface area (TPSA) is 56.1 Å². The Bertz CT molecular complexity index is 563. The summed E-state index contributed by atoms with van der Waals surface area (Å²) < 4.78 is 0. The molecule has 4 nitrogen and oxygen atoms in total. The number of hydrogen-bond donors (Lipinski definition) is 2. The molecule has 0 aliphatic rings. The highest BCUT2D eigenvalue weighted by Gasteiger charge is 2.08. The van der Waals surface area contributed by atoms with Gasteiger partial charge in [0, 0.05) is 12.7 Å². The third kappa shape index (κ3) is 6.23. The maximum atomic E-state index is 5.78. The molecule has 0 saturated carbocycles. The highest BCUT2D eigenvalue weighted by Crippen LogP contribution is 2.12. The standard InChI is InChI=1S/C16H20N4S.HI/c1-21-16(17)19-11-12-20(15-9-5-6-10-18-15)13-14-7-3-2-4-8-14;/h2-10H,11-13H2,1H3,(H2,17,19);1H. The molecule has 0 amide bonds. The number of nitrogens with two attached hydrogens (primary N) is 1. The van der Waals surface area contributed by atoms with Crippen molar-refractivity contribution in [2.24, 2.45) is 5.73 Å². The number of benzene rings is 1. The monoisotopic (exact) mass is 428 g/mol. The Hall–Kier alpha value is -1.28. The van der Waals surface area contributed by atoms with Crippen molar-refractivity contribution in [1.29, 1.82) is 0 Å². The van der Waals surface area contributed by atoms with Gasteiger partial charge in [-0.25, -0.2) is 4.98 Å². The maximum absolute atomic E-state index is 5.78. The molecule has 0 radical (unpaired) electrons. The zero-order chi connectivity index (χ0) is 14.9. The minimum atomic E-state index is 0. The summed E-state index contributed by atoms with van der Waals surface area (Å²) in [4.78, 5) is 9.90. The fraction of sp³-hybridized carbons (Fsp3) is 0.250. The summed E-state index contributed by atoms with van der Waals surface area (Å²) in [5.74, 6) is 0.978. The number of rotatable bonds is 6. The van der Waals surface area contributed by atoms with Gasteiger partial charge in [0.1, 0.15) is 12.4 Å². The van der Waals surface area contributed by atoms with Gasteiger partial charge in [-0.15, -0.1) is 0 Å². The summed E-state index contributed by atoms with van der Waals surface area (Å²) in [6, 6.07) is 16.4. The molecule has 2 aromatic rings. The number of aromatic nitrogens is 1. The molecule has 0 spiro atoms. The van der Waals surface area contributed by atoms with Crippen molar-refractivity contribution in [1.82, 2.24) is 4.98 Å². The molecule has 1 aromatic carbocycles. The van der Waals surface area contributed by atoms with Crippen molar-refractivity contribution in [2.45, 2.75) is 6.54 Å². The van der Waals surface area contributed by atoms with E-state index in [-0.39, 0.29) is 24.0 Å². The van der Waals surface area contributed by atoms with Crippen LogP contribution in [-0.4, -0.2) is 29.5 Å². The molecule has 118 valence electrons. The summed E-state index contributed by atoms with van der Waals surface area (Å²) in [5.41, 5.74) is 7.05. The van der Waals surface area contributed by atoms with Crippen LogP contribution in [0.2, 0.25) is 0 Å². The molecule has 1 aromatic heterocycles. The van der Waals surface area contributed by atoms with Crippen molar-refractivity contribution in [3.63, 3.8) is 0 Å². The van der Waals surface area contributed by atoms with Gasteiger partial charge >= 0.3 is 5.17 Å². The molecule has 0 saturated heterocycles. The number of hydrogen-bond acceptors (Lipinski definition) is 3. The van der Waals surface area contributed by atoms with Crippen LogP contribution in [0.5, 0.6) is 0 Å². The SMILES string of the molecule is CSC(N)=[NH+]CCN(Cc1ccccc1)c1ccccn1.[I-]. The fourth-order valence-electron chi connectivity index (χ4n) is 2.01. The first-order valence-electron chi connectivity index (χ1n) is 6.90. The van der Waals surface area contributed by atoms with Crippen LogP contribution in [0.4, 0.5) is 5.82 Å². The molecular weight excluding hydrogens is 407 g/mol. The Balaban J connectivity index is 0.00000242. The van der Waals surface area contributed by atoms with Crippen LogP contribution in [0.25, 0.3) is 0 Å². The third-order valence-electron chi connectivity index (χ3n) is 3.09. The average Bonchev–Trinajstić information content (AvgIpc) is 2.55. The van der Waals surface area contributed by atoms with Crippen LogP contribution in [-0.2, 0) is 6.54 Å². The van der Waals surface area contributed by atoms with Crippen molar-refractivity contribution in [3.05, 3.63) is 60.3 Å². The minimum absolute atomic E-state index is 0. The summed E-state index contributed by atoms with van der Waals surface area (Å²) in [7, 11) is 0. The van der Waals surface area contributed by atoms with E-state index in [2.05, 4.69) is 39.1 Å². The van der Waals surface area contributed by atoms with E-state index in [0.29, 0.717) is 0 Å². The van der Waals surface area contributed by atoms with E-state index in [0.717, 1.165) is 30.6 Å². The quantitative estimate of drug-likeness (QED) is 0.313. The molecular formula is C16H21IN4S. The molecule has 1 heterocycles. The zero-order valence-corrected chi connectivity index (χ0v) is 15.5. The van der Waals surface area contributed by atoms with Gasteiger partial charge in [0.15, 0.2) is 0 Å². The molecule has 2 rings (SSSR count). The molecule has 0 atom stereocenters. The summed E-state index contributed by atoms with van der Waals surface area (Å²) in [5, 5.41) is 0.746. The lowest BCUT2D eigenvalue weighted by Crippen LogP contribution is -3.00. The summed E-state index contributed by atoms with van der Waals surface area (Å²) >= 11 is 1.53. The van der Waals surface area contributed by atoms with Crippen LogP contribution in [0.15, 0.2) is 54.7 Å². The Morgan fingerprint density at radius 1 is 1.18 bits per heavy atom. The zero-order valence-electron chi connectivity index (χ0n) is 12.6. The molecule has 22 heavy (non-hydrogen) atoms. The third-order valence-corrected chi connectivity index (χ3v) is 3.67. The van der Waals surface area contributed by atoms with Crippen molar-refractivity contribution in [2.75, 3.05) is 24.2 Å². The first-order valence-corrected chi connectivity index (χ1v) is 8.12. The van der Waals surface area contributed by atoms with Crippen LogP contribution >= 0.6 is 11.8 Å². The second-order valence-corrected chi connectivity index (χ2v) is 5.44. The lowest BCUT2D eigenvalue weighted by Gasteiger charge is -2.22. The van der Waals surface area contributed by atoms with Gasteiger partial charge < -0.3 is 28.9 Å². The van der Waals surface area contributed by atoms with Gasteiger partial charge in [0.2, 0.25) is 0 Å². The number of pyridine rings is 1. The van der Waals surface area contributed by atoms with Gasteiger partial charge in [-0.3, -0.25) is 10.7 Å². The molecule has 0 unspecified atom stereocenters. The smallest absolute Gasteiger partial charge is 0.301 e. The van der Waals surface area contributed by atoms with E-state index in [4.69, 9.17) is 5.73 Å². The van der Waals surface area contributed by atoms with Crippen molar-refractivity contribution < 1.29 is 29.0 Å². The van der Waals surface area contributed by atoms with E-state index in [1.54, 1.807) is 0 Å². The predicted molar refractivity (Wildman–Crippen MR) is 90.3 cm³/mol. The van der Waals surface area contributed by atoms with Gasteiger partial charge in [-0.1, -0.05) is 36.4 Å². The lowest BCUT2D eigenvalue weighted by molar-refractivity contribution is -0.451. The molecule has 0 aliphatic carbocycles. The predicted octanol–water partition coefficient (Wildman–Crippen LogP) is -2.15. The first kappa shape index (κ1) is 18.8. The highest BCUT2D eigenvalue weighted by molar-refractivity contribution is 8.12. The van der Waals surface area contributed by atoms with Gasteiger partial charge in [0.25, 0.3) is 0 Å². The van der Waals surface area contributed by atoms with Gasteiger partial charge in [-0.05, 0) is 35.7 Å². The van der Waals surface area contributed by atoms with Gasteiger partial charge in [0.05, 0.1) is 6.54 Å². The van der Waals surface area contributed by atoms with Crippen molar-refractivity contribution >= 4 is 22.7 Å². The summed E-state index contributed by atoms with van der Waals surface area (Å²) in [6.45, 7) is 2.46. The second kappa shape index (κ2) is 10.4. The largest absolute Gasteiger partial charge is 1.00 e. The average molecular weight is 428 g/mol. The Labute approximate surface area is 153 Å². The van der Waals surface area contributed by atoms with Crippen LogP contribution in [0.1, 0.15) is 5.56 Å². The van der Waals surface area contributed by atoms with E-state index in [1.807, 2.05) is 36.7 Å². The highest BCUT2D eigenvalue weighted by atomic mass is 127. The van der Waals surface area contributed by atoms with E-state index >= 15 is 0 Å². The number of nitrogens with one attached hydrogen (secondary N) is 1. The molecule has 6 heteroatoms. The lowest BCUT2D eigenvalue weighted by atomic mass is 10.2. The molecule has 0 fully saturated rings. The Kier molecular flexibility index (Phi) is 8.91. The van der Waals surface area contributed by atoms with E-state index in [1.165, 1.54) is 17.3 Å². The first-order chi connectivity index (χ1) is 10.3. The summed E-state index contributed by atoms with van der Waals surface area (Å²) in [6.07, 6.45) is 3.78. The van der Waals surface area contributed by atoms with E-state index < -0.39 is 0 Å². The maximum Gasteiger partial charge on any atom is 0.301 e. The van der Waals surface area contributed by atoms with Gasteiger partial charge in [-0.2, -0.15) is 0 Å². The second-order valence-electron chi connectivity index (χ2n) is 4.59. The van der Waals surface area contributed by atoms with Crippen LogP contribution in [0.3, 0.4) is 0 Å². The van der Waals surface area contributed by atoms with Crippen LogP contribution in [0, 0.1) is 0 Å². The molecule has 3 N–H and O–H groups in total. The molecule has 0 aliphatic heterocycles. The number of thioether (sulfide) groups is 1. The normalized spacial score (nSPS) is 10.9. The minimum Gasteiger partial charge on any atom is -1.00 e. The Morgan fingerprint density at radius 2 is 1.91 bits per heavy atom. The number of halogens is 1. The van der Waals surface area contributed by atoms with Crippen molar-refractivity contribution in [3.8, 4) is 0 Å². The number of nitrogens with zero attached hydrogens (tertiary/aromatic N) is 2. The Morgan fingerprint density at radius 3 is 2.55 bits per heavy atom.